The van der Waals surface area contributed by atoms with Gasteiger partial charge >= 0.3 is 0 Å². The van der Waals surface area contributed by atoms with Crippen LogP contribution in [0.3, 0.4) is 0 Å². The Kier molecular flexibility index (Phi) is 8.09. The molecule has 0 radical (unpaired) electrons. The molecule has 0 saturated carbocycles. The van der Waals surface area contributed by atoms with Crippen molar-refractivity contribution in [3.63, 3.8) is 0 Å². The van der Waals surface area contributed by atoms with Crippen LogP contribution in [0.25, 0.3) is 75.5 Å². The van der Waals surface area contributed by atoms with Crippen LogP contribution in [0.2, 0.25) is 0 Å². The van der Waals surface area contributed by atoms with Crippen LogP contribution in [-0.4, -0.2) is 0 Å². The standard InChI is InChI=1S/C52H35NS/c1-3-16-37(17-4-1)43-23-9-12-27-47(43)53(48-28-13-10-24-44(48)38-18-5-2-6-19-38)52-45(34-35-50-51(52)46-25-11-14-29-49(46)54-50)40-32-30-39(31-33-40)42-26-15-21-36-20-7-8-22-41(36)42/h1-35H. The molecule has 0 aliphatic heterocycles. The Morgan fingerprint density at radius 3 is 1.44 bits per heavy atom. The minimum atomic E-state index is 1.13. The van der Waals surface area contributed by atoms with Gasteiger partial charge in [-0.05, 0) is 62.9 Å². The molecule has 0 bridgehead atoms. The summed E-state index contributed by atoms with van der Waals surface area (Å²) >= 11 is 1.86. The Morgan fingerprint density at radius 2 is 0.778 bits per heavy atom. The summed E-state index contributed by atoms with van der Waals surface area (Å²) in [5, 5.41) is 5.04. The summed E-state index contributed by atoms with van der Waals surface area (Å²) in [5.41, 5.74) is 12.9. The lowest BCUT2D eigenvalue weighted by atomic mass is 9.93. The summed E-state index contributed by atoms with van der Waals surface area (Å²) in [6.45, 7) is 0. The van der Waals surface area contributed by atoms with Gasteiger partial charge in [0.25, 0.3) is 0 Å². The van der Waals surface area contributed by atoms with E-state index in [2.05, 4.69) is 217 Å². The van der Waals surface area contributed by atoms with Gasteiger partial charge in [0.1, 0.15) is 0 Å². The first-order valence-corrected chi connectivity index (χ1v) is 19.3. The van der Waals surface area contributed by atoms with Crippen LogP contribution in [-0.2, 0) is 0 Å². The number of nitrogens with zero attached hydrogens (tertiary/aromatic N) is 1. The first kappa shape index (κ1) is 32.0. The van der Waals surface area contributed by atoms with E-state index < -0.39 is 0 Å². The van der Waals surface area contributed by atoms with Crippen molar-refractivity contribution in [3.8, 4) is 44.5 Å². The highest BCUT2D eigenvalue weighted by molar-refractivity contribution is 7.26. The highest BCUT2D eigenvalue weighted by atomic mass is 32.1. The molecule has 1 nitrogen and oxygen atoms in total. The molecular weight excluding hydrogens is 671 g/mol. The lowest BCUT2D eigenvalue weighted by Crippen LogP contribution is -2.14. The molecule has 0 atom stereocenters. The number of rotatable bonds is 7. The van der Waals surface area contributed by atoms with Crippen LogP contribution >= 0.6 is 11.3 Å². The lowest BCUT2D eigenvalue weighted by Gasteiger charge is -2.32. The highest BCUT2D eigenvalue weighted by Gasteiger charge is 2.26. The van der Waals surface area contributed by atoms with Crippen molar-refractivity contribution in [1.82, 2.24) is 0 Å². The van der Waals surface area contributed by atoms with Gasteiger partial charge in [-0.1, -0.05) is 188 Å². The number of hydrogen-bond acceptors (Lipinski definition) is 2. The molecular formula is C52H35NS. The van der Waals surface area contributed by atoms with E-state index in [-0.39, 0.29) is 0 Å². The van der Waals surface area contributed by atoms with Crippen LogP contribution in [0.15, 0.2) is 212 Å². The number of fused-ring (bicyclic) bond motifs is 4. The molecule has 0 saturated heterocycles. The Labute approximate surface area is 319 Å². The summed E-state index contributed by atoms with van der Waals surface area (Å²) in [6, 6.07) is 77.2. The molecule has 0 aliphatic carbocycles. The topological polar surface area (TPSA) is 3.24 Å². The van der Waals surface area contributed by atoms with Crippen LogP contribution in [0.5, 0.6) is 0 Å². The number of hydrogen-bond donors (Lipinski definition) is 0. The minimum absolute atomic E-state index is 1.13. The molecule has 1 aromatic heterocycles. The predicted molar refractivity (Wildman–Crippen MR) is 233 cm³/mol. The van der Waals surface area contributed by atoms with Crippen molar-refractivity contribution >= 4 is 59.3 Å². The van der Waals surface area contributed by atoms with Crippen molar-refractivity contribution in [2.24, 2.45) is 0 Å². The minimum Gasteiger partial charge on any atom is -0.308 e. The van der Waals surface area contributed by atoms with Gasteiger partial charge < -0.3 is 4.90 Å². The van der Waals surface area contributed by atoms with Crippen LogP contribution < -0.4 is 4.90 Å². The van der Waals surface area contributed by atoms with Crippen molar-refractivity contribution in [3.05, 3.63) is 212 Å². The third-order valence-electron chi connectivity index (χ3n) is 10.5. The van der Waals surface area contributed by atoms with Gasteiger partial charge in [0.05, 0.1) is 17.1 Å². The van der Waals surface area contributed by atoms with Crippen molar-refractivity contribution in [2.45, 2.75) is 0 Å². The smallest absolute Gasteiger partial charge is 0.0633 e. The normalized spacial score (nSPS) is 11.3. The Hall–Kier alpha value is -6.74. The Balaban J connectivity index is 1.28. The number of anilines is 3. The first-order valence-electron chi connectivity index (χ1n) is 18.4. The van der Waals surface area contributed by atoms with E-state index in [1.165, 1.54) is 81.1 Å². The molecule has 54 heavy (non-hydrogen) atoms. The zero-order valence-corrected chi connectivity index (χ0v) is 30.4. The largest absolute Gasteiger partial charge is 0.308 e. The second kappa shape index (κ2) is 13.7. The fraction of sp³-hybridized carbons (Fsp3) is 0. The van der Waals surface area contributed by atoms with Crippen LogP contribution in [0, 0.1) is 0 Å². The van der Waals surface area contributed by atoms with E-state index >= 15 is 0 Å². The molecule has 0 aliphatic rings. The quantitative estimate of drug-likeness (QED) is 0.160. The molecule has 0 N–H and O–H groups in total. The molecule has 0 amide bonds. The Bertz CT molecular complexity index is 2840. The van der Waals surface area contributed by atoms with E-state index in [1.54, 1.807) is 0 Å². The fourth-order valence-corrected chi connectivity index (χ4v) is 9.11. The molecule has 254 valence electrons. The van der Waals surface area contributed by atoms with Crippen molar-refractivity contribution in [1.29, 1.82) is 0 Å². The summed E-state index contributed by atoms with van der Waals surface area (Å²) in [4.78, 5) is 2.54. The molecule has 10 aromatic rings. The summed E-state index contributed by atoms with van der Waals surface area (Å²) in [5.74, 6) is 0. The highest BCUT2D eigenvalue weighted by Crippen LogP contribution is 2.53. The average molecular weight is 706 g/mol. The SMILES string of the molecule is c1ccc(-c2ccccc2N(c2ccccc2-c2ccccc2)c2c(-c3ccc(-c4cccc5ccccc45)cc3)ccc3sc4ccccc4c23)cc1. The number of thiophene rings is 1. The van der Waals surface area contributed by atoms with Crippen molar-refractivity contribution in [2.75, 3.05) is 4.90 Å². The van der Waals surface area contributed by atoms with E-state index in [4.69, 9.17) is 0 Å². The van der Waals surface area contributed by atoms with E-state index in [9.17, 15) is 0 Å². The third kappa shape index (κ3) is 5.56. The first-order chi connectivity index (χ1) is 26.8. The Morgan fingerprint density at radius 1 is 0.296 bits per heavy atom. The second-order valence-corrected chi connectivity index (χ2v) is 14.7. The molecule has 9 aromatic carbocycles. The maximum atomic E-state index is 2.54. The monoisotopic (exact) mass is 705 g/mol. The van der Waals surface area contributed by atoms with Gasteiger partial charge in [0.2, 0.25) is 0 Å². The van der Waals surface area contributed by atoms with E-state index in [1.807, 2.05) is 11.3 Å². The van der Waals surface area contributed by atoms with Gasteiger partial charge in [0.15, 0.2) is 0 Å². The predicted octanol–water partition coefficient (Wildman–Crippen LogP) is 15.3. The summed E-state index contributed by atoms with van der Waals surface area (Å²) in [7, 11) is 0. The van der Waals surface area contributed by atoms with Crippen molar-refractivity contribution < 1.29 is 0 Å². The molecule has 0 fully saturated rings. The maximum Gasteiger partial charge on any atom is 0.0633 e. The van der Waals surface area contributed by atoms with E-state index in [0.717, 1.165) is 11.4 Å². The zero-order chi connectivity index (χ0) is 35.8. The second-order valence-electron chi connectivity index (χ2n) is 13.6. The fourth-order valence-electron chi connectivity index (χ4n) is 8.00. The summed E-state index contributed by atoms with van der Waals surface area (Å²) in [6.07, 6.45) is 0. The van der Waals surface area contributed by atoms with Gasteiger partial charge in [-0.25, -0.2) is 0 Å². The van der Waals surface area contributed by atoms with Gasteiger partial charge in [-0.3, -0.25) is 0 Å². The van der Waals surface area contributed by atoms with Gasteiger partial charge in [0, 0.05) is 36.9 Å². The number of para-hydroxylation sites is 2. The van der Waals surface area contributed by atoms with E-state index in [0.29, 0.717) is 0 Å². The maximum absolute atomic E-state index is 2.54. The number of benzene rings is 9. The molecule has 2 heteroatoms. The lowest BCUT2D eigenvalue weighted by molar-refractivity contribution is 1.30. The molecule has 1 heterocycles. The van der Waals surface area contributed by atoms with Crippen LogP contribution in [0.4, 0.5) is 17.1 Å². The third-order valence-corrected chi connectivity index (χ3v) is 11.6. The van der Waals surface area contributed by atoms with Crippen LogP contribution in [0.1, 0.15) is 0 Å². The van der Waals surface area contributed by atoms with Gasteiger partial charge in [-0.2, -0.15) is 0 Å². The molecule has 0 spiro atoms. The van der Waals surface area contributed by atoms with Gasteiger partial charge in [-0.15, -0.1) is 11.3 Å². The average Bonchev–Trinajstić information content (AvgIpc) is 3.64. The zero-order valence-electron chi connectivity index (χ0n) is 29.6. The summed E-state index contributed by atoms with van der Waals surface area (Å²) < 4.78 is 2.55. The molecule has 0 unspecified atom stereocenters. The molecule has 10 rings (SSSR count).